The van der Waals surface area contributed by atoms with Crippen LogP contribution in [0.2, 0.25) is 0 Å². The average molecular weight is 673 g/mol. The van der Waals surface area contributed by atoms with E-state index in [0.29, 0.717) is 47.7 Å². The van der Waals surface area contributed by atoms with Crippen LogP contribution in [0.5, 0.6) is 0 Å². The van der Waals surface area contributed by atoms with Gasteiger partial charge in [0.15, 0.2) is 0 Å². The molecule has 3 N–H and O–H groups in total. The summed E-state index contributed by atoms with van der Waals surface area (Å²) in [6, 6.07) is 33.0. The minimum Gasteiger partial charge on any atom is -0.307 e. The lowest BCUT2D eigenvalue weighted by molar-refractivity contribution is 0.251. The van der Waals surface area contributed by atoms with Gasteiger partial charge < -0.3 is 9.97 Å². The molecule has 0 saturated carbocycles. The van der Waals surface area contributed by atoms with Gasteiger partial charge in [-0.1, -0.05) is 85.8 Å². The smallest absolute Gasteiger partial charge is 0.307 e. The summed E-state index contributed by atoms with van der Waals surface area (Å²) in [5, 5.41) is 4.44. The summed E-state index contributed by atoms with van der Waals surface area (Å²) in [6.45, 7) is 5.29. The number of aromatic amines is 2. The van der Waals surface area contributed by atoms with Crippen LogP contribution < -0.4 is 27.8 Å². The molecule has 4 aromatic carbocycles. The zero-order chi connectivity index (χ0) is 34.9. The zero-order valence-corrected chi connectivity index (χ0v) is 28.4. The first kappa shape index (κ1) is 34.5. The predicted molar refractivity (Wildman–Crippen MR) is 200 cm³/mol. The van der Waals surface area contributed by atoms with Gasteiger partial charge in [0.2, 0.25) is 0 Å². The van der Waals surface area contributed by atoms with E-state index in [1.54, 1.807) is 36.4 Å². The van der Waals surface area contributed by atoms with E-state index in [-0.39, 0.29) is 16.8 Å². The lowest BCUT2D eigenvalue weighted by Crippen LogP contribution is -2.43. The fourth-order valence-electron chi connectivity index (χ4n) is 6.64. The Morgan fingerprint density at radius 3 is 2.02 bits per heavy atom. The number of aromatic nitrogens is 4. The molecule has 0 aliphatic heterocycles. The molecule has 10 heteroatoms. The third-order valence-corrected chi connectivity index (χ3v) is 9.25. The van der Waals surface area contributed by atoms with Gasteiger partial charge in [0.25, 0.3) is 11.1 Å². The fourth-order valence-corrected chi connectivity index (χ4v) is 6.64. The monoisotopic (exact) mass is 672 g/mol. The number of nitrogens with zero attached hydrogens (tertiary/aromatic N) is 3. The second-order valence-electron chi connectivity index (χ2n) is 12.8. The second kappa shape index (κ2) is 16.4. The largest absolute Gasteiger partial charge is 0.330 e. The van der Waals surface area contributed by atoms with Crippen molar-refractivity contribution in [2.24, 2.45) is 0 Å². The van der Waals surface area contributed by atoms with Gasteiger partial charge in [-0.2, -0.15) is 0 Å². The van der Waals surface area contributed by atoms with Crippen molar-refractivity contribution in [1.29, 1.82) is 0 Å². The van der Waals surface area contributed by atoms with Crippen LogP contribution in [-0.2, 0) is 26.1 Å². The summed E-state index contributed by atoms with van der Waals surface area (Å²) in [7, 11) is 0. The lowest BCUT2D eigenvalue weighted by atomic mass is 10.0. The molecule has 258 valence electrons. The Hall–Kier alpha value is -5.32. The Morgan fingerprint density at radius 2 is 1.28 bits per heavy atom. The molecule has 6 rings (SSSR count). The molecule has 2 heterocycles. The maximum Gasteiger partial charge on any atom is 0.330 e. The summed E-state index contributed by atoms with van der Waals surface area (Å²) in [5.41, 5.74) is 3.32. The van der Waals surface area contributed by atoms with Crippen LogP contribution in [0.4, 0.5) is 0 Å². The minimum absolute atomic E-state index is 0.252. The standard InChI is InChI=1S/C40H44N6O4/c1-2-36(46-38(48)33-20-7-9-22-35(33)43-40(46)50)41-27-31-18-12-17-29(26-31)14-10-11-23-44(28-30-15-4-3-5-16-30)24-13-25-45-37(47)32-19-6-8-21-34(32)42-39(45)49/h3-9,12,15-22,26,36,41H,2,10-11,13-14,23-25,27-28H2,1H3,(H,42,49)(H,43,50). The Balaban J connectivity index is 1.04. The first-order chi connectivity index (χ1) is 24.4. The molecule has 6 aromatic rings. The second-order valence-corrected chi connectivity index (χ2v) is 12.8. The van der Waals surface area contributed by atoms with Crippen molar-refractivity contribution >= 4 is 21.8 Å². The molecular weight excluding hydrogens is 628 g/mol. The van der Waals surface area contributed by atoms with Gasteiger partial charge in [0.05, 0.1) is 28.0 Å². The van der Waals surface area contributed by atoms with Gasteiger partial charge in [0.1, 0.15) is 0 Å². The summed E-state index contributed by atoms with van der Waals surface area (Å²) < 4.78 is 2.59. The summed E-state index contributed by atoms with van der Waals surface area (Å²) in [6.07, 6.45) is 3.75. The molecule has 0 fully saturated rings. The Labute approximate surface area is 290 Å². The topological polar surface area (TPSA) is 125 Å². The number of para-hydroxylation sites is 2. The van der Waals surface area contributed by atoms with Crippen molar-refractivity contribution < 1.29 is 0 Å². The molecule has 0 aliphatic rings. The molecule has 0 spiro atoms. The number of hydrogen-bond donors (Lipinski definition) is 3. The van der Waals surface area contributed by atoms with Crippen molar-refractivity contribution in [2.45, 2.75) is 64.8 Å². The first-order valence-electron chi connectivity index (χ1n) is 17.4. The molecule has 50 heavy (non-hydrogen) atoms. The maximum atomic E-state index is 13.2. The van der Waals surface area contributed by atoms with Gasteiger partial charge in [-0.15, -0.1) is 0 Å². The highest BCUT2D eigenvalue weighted by atomic mass is 16.2. The Bertz CT molecular complexity index is 2290. The fraction of sp³-hybridized carbons (Fsp3) is 0.300. The van der Waals surface area contributed by atoms with Crippen molar-refractivity contribution in [3.05, 3.63) is 161 Å². The number of unbranched alkanes of at least 4 members (excludes halogenated alkanes) is 1. The molecule has 0 saturated heterocycles. The van der Waals surface area contributed by atoms with Crippen LogP contribution in [0.1, 0.15) is 55.5 Å². The summed E-state index contributed by atoms with van der Waals surface area (Å²) in [4.78, 5) is 59.8. The lowest BCUT2D eigenvalue weighted by Gasteiger charge is -2.23. The summed E-state index contributed by atoms with van der Waals surface area (Å²) in [5.74, 6) is 0. The molecule has 0 bridgehead atoms. The van der Waals surface area contributed by atoms with E-state index in [2.05, 4.69) is 56.6 Å². The molecule has 2 aromatic heterocycles. The average Bonchev–Trinajstić information content (AvgIpc) is 3.13. The molecular formula is C40H44N6O4. The van der Waals surface area contributed by atoms with Crippen molar-refractivity contribution in [3.8, 4) is 0 Å². The number of H-pyrrole nitrogens is 2. The highest BCUT2D eigenvalue weighted by Crippen LogP contribution is 2.14. The van der Waals surface area contributed by atoms with Gasteiger partial charge in [0, 0.05) is 26.2 Å². The van der Waals surface area contributed by atoms with Crippen molar-refractivity contribution in [1.82, 2.24) is 29.3 Å². The number of aryl methyl sites for hydroxylation is 1. The van der Waals surface area contributed by atoms with Crippen LogP contribution in [-0.4, -0.2) is 37.1 Å². The highest BCUT2D eigenvalue weighted by molar-refractivity contribution is 5.77. The first-order valence-corrected chi connectivity index (χ1v) is 17.4. The third kappa shape index (κ3) is 8.27. The van der Waals surface area contributed by atoms with Crippen LogP contribution in [0.25, 0.3) is 21.8 Å². The van der Waals surface area contributed by atoms with E-state index in [1.165, 1.54) is 20.3 Å². The number of rotatable bonds is 16. The minimum atomic E-state index is -0.437. The number of hydrogen-bond acceptors (Lipinski definition) is 6. The van der Waals surface area contributed by atoms with E-state index >= 15 is 0 Å². The normalized spacial score (nSPS) is 12.2. The molecule has 1 unspecified atom stereocenters. The summed E-state index contributed by atoms with van der Waals surface area (Å²) >= 11 is 0. The number of fused-ring (bicyclic) bond motifs is 2. The van der Waals surface area contributed by atoms with Crippen molar-refractivity contribution in [3.63, 3.8) is 0 Å². The van der Waals surface area contributed by atoms with Crippen molar-refractivity contribution in [2.75, 3.05) is 13.1 Å². The maximum absolute atomic E-state index is 13.2. The van der Waals surface area contributed by atoms with Gasteiger partial charge in [-0.05, 0) is 79.6 Å². The molecule has 10 nitrogen and oxygen atoms in total. The third-order valence-electron chi connectivity index (χ3n) is 9.25. The van der Waals surface area contributed by atoms with E-state index in [9.17, 15) is 19.2 Å². The molecule has 0 aliphatic carbocycles. The molecule has 0 amide bonds. The SMILES string of the molecule is CCC(NCc1cccc(CCCCN(CCCn2c(=O)[nH]c3ccccc3c2=O)Cc2ccccc2)c1)n1c(=O)[nH]c2ccccc2c1=O. The Morgan fingerprint density at radius 1 is 0.660 bits per heavy atom. The van der Waals surface area contributed by atoms with Gasteiger partial charge >= 0.3 is 11.4 Å². The highest BCUT2D eigenvalue weighted by Gasteiger charge is 2.16. The van der Waals surface area contributed by atoms with Crippen LogP contribution in [0, 0.1) is 0 Å². The number of nitrogens with one attached hydrogen (secondary N) is 3. The van der Waals surface area contributed by atoms with E-state index in [0.717, 1.165) is 44.5 Å². The van der Waals surface area contributed by atoms with E-state index in [1.807, 2.05) is 37.3 Å². The van der Waals surface area contributed by atoms with E-state index in [4.69, 9.17) is 0 Å². The van der Waals surface area contributed by atoms with Crippen LogP contribution >= 0.6 is 0 Å². The van der Waals surface area contributed by atoms with Gasteiger partial charge in [-0.3, -0.25) is 24.4 Å². The molecule has 0 radical (unpaired) electrons. The van der Waals surface area contributed by atoms with Gasteiger partial charge in [-0.25, -0.2) is 14.2 Å². The zero-order valence-electron chi connectivity index (χ0n) is 28.4. The quantitative estimate of drug-likeness (QED) is 0.120. The molecule has 1 atom stereocenters. The van der Waals surface area contributed by atoms with Crippen LogP contribution in [0.3, 0.4) is 0 Å². The Kier molecular flexibility index (Phi) is 11.3. The van der Waals surface area contributed by atoms with E-state index < -0.39 is 11.9 Å². The predicted octanol–water partition coefficient (Wildman–Crippen LogP) is 5.31. The van der Waals surface area contributed by atoms with Crippen LogP contribution in [0.15, 0.2) is 122 Å². The number of benzene rings is 4.